The highest BCUT2D eigenvalue weighted by atomic mass is 16.3. The van der Waals surface area contributed by atoms with Gasteiger partial charge in [0.25, 0.3) is 5.56 Å². The quantitative estimate of drug-likeness (QED) is 0.695. The highest BCUT2D eigenvalue weighted by molar-refractivity contribution is 5.70. The summed E-state index contributed by atoms with van der Waals surface area (Å²) in [5, 5.41) is 10.1. The highest BCUT2D eigenvalue weighted by Crippen LogP contribution is 2.41. The second-order valence-electron chi connectivity index (χ2n) is 5.18. The first-order valence-corrected chi connectivity index (χ1v) is 6.62. The summed E-state index contributed by atoms with van der Waals surface area (Å²) in [6.07, 6.45) is 2.53. The third-order valence-electron chi connectivity index (χ3n) is 4.06. The largest absolute Gasteiger partial charge is 0.392 e. The summed E-state index contributed by atoms with van der Waals surface area (Å²) in [6.45, 7) is 6.11. The third-order valence-corrected chi connectivity index (χ3v) is 4.06. The van der Waals surface area contributed by atoms with E-state index in [1.54, 1.807) is 10.9 Å². The molecule has 1 aliphatic rings. The number of nitrogen functional groups attached to an aromatic ring is 1. The number of aromatic nitrogens is 4. The number of H-pyrrole nitrogens is 1. The maximum atomic E-state index is 11.8. The molecule has 2 heterocycles. The van der Waals surface area contributed by atoms with Crippen LogP contribution in [0.3, 0.4) is 0 Å². The van der Waals surface area contributed by atoms with Crippen LogP contribution in [0, 0.1) is 5.92 Å². The van der Waals surface area contributed by atoms with Gasteiger partial charge in [0.1, 0.15) is 0 Å². The lowest BCUT2D eigenvalue weighted by Crippen LogP contribution is -2.14. The molecule has 0 aliphatic heterocycles. The third kappa shape index (κ3) is 1.74. The van der Waals surface area contributed by atoms with Crippen LogP contribution in [-0.4, -0.2) is 30.7 Å². The first-order chi connectivity index (χ1) is 9.52. The molecule has 0 saturated heterocycles. The molecule has 0 spiro atoms. The van der Waals surface area contributed by atoms with Crippen LogP contribution in [0.25, 0.3) is 11.2 Å². The number of aliphatic hydroxyl groups excluding tert-OH is 1. The van der Waals surface area contributed by atoms with Crippen LogP contribution >= 0.6 is 0 Å². The molecule has 7 nitrogen and oxygen atoms in total. The molecule has 0 aromatic carbocycles. The fourth-order valence-electron chi connectivity index (χ4n) is 3.04. The maximum absolute atomic E-state index is 11.8. The number of hydrogen-bond donors (Lipinski definition) is 3. The van der Waals surface area contributed by atoms with E-state index < -0.39 is 6.10 Å². The minimum Gasteiger partial charge on any atom is -0.392 e. The molecule has 1 fully saturated rings. The van der Waals surface area contributed by atoms with Crippen molar-refractivity contribution >= 4 is 17.1 Å². The summed E-state index contributed by atoms with van der Waals surface area (Å²) in [4.78, 5) is 22.4. The van der Waals surface area contributed by atoms with Gasteiger partial charge in [-0.15, -0.1) is 0 Å². The first kappa shape index (κ1) is 12.9. The number of hydrogen-bond acceptors (Lipinski definition) is 5. The molecule has 20 heavy (non-hydrogen) atoms. The lowest BCUT2D eigenvalue weighted by Gasteiger charge is -2.16. The van der Waals surface area contributed by atoms with Gasteiger partial charge < -0.3 is 15.4 Å². The first-order valence-electron chi connectivity index (χ1n) is 6.62. The minimum atomic E-state index is -0.422. The van der Waals surface area contributed by atoms with Crippen LogP contribution < -0.4 is 11.3 Å². The highest BCUT2D eigenvalue weighted by Gasteiger charge is 2.37. The lowest BCUT2D eigenvalue weighted by atomic mass is 9.98. The Balaban J connectivity index is 2.12. The minimum absolute atomic E-state index is 0.0560. The van der Waals surface area contributed by atoms with Crippen LogP contribution in [0.5, 0.6) is 0 Å². The second kappa shape index (κ2) is 4.45. The zero-order valence-corrected chi connectivity index (χ0v) is 11.2. The normalized spacial score (nSPS) is 26.5. The molecule has 1 aliphatic carbocycles. The predicted molar refractivity (Wildman–Crippen MR) is 75.1 cm³/mol. The Morgan fingerprint density at radius 3 is 3.05 bits per heavy atom. The Labute approximate surface area is 115 Å². The standard InChI is InChI=1S/C13H17N5O2/c1-3-7-6(2)8(4-9(7)19)18-5-15-10-11(18)16-13(14)17-12(10)20/h5,7-9,19H,2-4H2,1H3,(H3,14,16,17,20)/t7-,8+,9-/m1/s1. The number of nitrogens with two attached hydrogens (primary N) is 1. The number of aliphatic hydroxyl groups is 1. The summed E-state index contributed by atoms with van der Waals surface area (Å²) in [5.41, 5.74) is 6.86. The van der Waals surface area contributed by atoms with Gasteiger partial charge in [0, 0.05) is 5.92 Å². The van der Waals surface area contributed by atoms with Crippen molar-refractivity contribution in [1.29, 1.82) is 0 Å². The second-order valence-corrected chi connectivity index (χ2v) is 5.18. The Kier molecular flexibility index (Phi) is 2.86. The van der Waals surface area contributed by atoms with E-state index in [0.29, 0.717) is 12.1 Å². The summed E-state index contributed by atoms with van der Waals surface area (Å²) >= 11 is 0. The number of rotatable bonds is 2. The summed E-state index contributed by atoms with van der Waals surface area (Å²) < 4.78 is 1.78. The maximum Gasteiger partial charge on any atom is 0.280 e. The molecule has 2 aromatic rings. The SMILES string of the molecule is C=C1[C@@H](CC)[C@H](O)C[C@@H]1n1cnc2c(=O)[nH]c(N)nc21. The molecule has 1 saturated carbocycles. The van der Waals surface area contributed by atoms with Crippen LogP contribution in [0.4, 0.5) is 5.95 Å². The Morgan fingerprint density at radius 1 is 1.65 bits per heavy atom. The number of nitrogens with one attached hydrogen (secondary N) is 1. The molecule has 0 bridgehead atoms. The van der Waals surface area contributed by atoms with Crippen molar-refractivity contribution in [3.63, 3.8) is 0 Å². The summed E-state index contributed by atoms with van der Waals surface area (Å²) in [6, 6.07) is -0.103. The van der Waals surface area contributed by atoms with Gasteiger partial charge in [-0.25, -0.2) is 4.98 Å². The molecule has 4 N–H and O–H groups in total. The number of imidazole rings is 1. The van der Waals surface area contributed by atoms with Gasteiger partial charge in [0.15, 0.2) is 11.2 Å². The molecule has 3 rings (SSSR count). The van der Waals surface area contributed by atoms with E-state index in [1.165, 1.54) is 0 Å². The van der Waals surface area contributed by atoms with Crippen molar-refractivity contribution in [2.75, 3.05) is 5.73 Å². The van der Waals surface area contributed by atoms with Gasteiger partial charge in [-0.05, 0) is 18.4 Å². The van der Waals surface area contributed by atoms with Crippen molar-refractivity contribution in [1.82, 2.24) is 19.5 Å². The number of nitrogens with zero attached hydrogens (tertiary/aromatic N) is 3. The van der Waals surface area contributed by atoms with Crippen LogP contribution in [0.1, 0.15) is 25.8 Å². The van der Waals surface area contributed by atoms with Crippen molar-refractivity contribution < 1.29 is 5.11 Å². The fraction of sp³-hybridized carbons (Fsp3) is 0.462. The Bertz CT molecular complexity index is 732. The van der Waals surface area contributed by atoms with E-state index in [2.05, 4.69) is 21.5 Å². The van der Waals surface area contributed by atoms with Gasteiger partial charge in [-0.3, -0.25) is 9.78 Å². The van der Waals surface area contributed by atoms with Crippen LogP contribution in [-0.2, 0) is 0 Å². The van der Waals surface area contributed by atoms with E-state index >= 15 is 0 Å². The topological polar surface area (TPSA) is 110 Å². The van der Waals surface area contributed by atoms with Gasteiger partial charge in [0.2, 0.25) is 5.95 Å². The summed E-state index contributed by atoms with van der Waals surface area (Å²) in [7, 11) is 0. The zero-order valence-electron chi connectivity index (χ0n) is 11.2. The molecule has 3 atom stereocenters. The van der Waals surface area contributed by atoms with Gasteiger partial charge >= 0.3 is 0 Å². The van der Waals surface area contributed by atoms with Crippen molar-refractivity contribution in [3.05, 3.63) is 28.8 Å². The molecule has 0 amide bonds. The molecule has 0 radical (unpaired) electrons. The van der Waals surface area contributed by atoms with Crippen molar-refractivity contribution in [2.24, 2.45) is 5.92 Å². The fourth-order valence-corrected chi connectivity index (χ4v) is 3.04. The van der Waals surface area contributed by atoms with Gasteiger partial charge in [0.05, 0.1) is 18.5 Å². The van der Waals surface area contributed by atoms with E-state index in [1.807, 2.05) is 6.92 Å². The predicted octanol–water partition coefficient (Wildman–Crippen LogP) is 0.590. The molecular weight excluding hydrogens is 258 g/mol. The smallest absolute Gasteiger partial charge is 0.280 e. The van der Waals surface area contributed by atoms with Crippen molar-refractivity contribution in [3.8, 4) is 0 Å². The van der Waals surface area contributed by atoms with Crippen LogP contribution in [0.15, 0.2) is 23.3 Å². The Hall–Kier alpha value is -2.15. The lowest BCUT2D eigenvalue weighted by molar-refractivity contribution is 0.136. The Morgan fingerprint density at radius 2 is 2.40 bits per heavy atom. The molecule has 7 heteroatoms. The average Bonchev–Trinajstić information content (AvgIpc) is 2.91. The van der Waals surface area contributed by atoms with Gasteiger partial charge in [-0.2, -0.15) is 4.98 Å². The van der Waals surface area contributed by atoms with E-state index in [9.17, 15) is 9.90 Å². The van der Waals surface area contributed by atoms with Crippen molar-refractivity contribution in [2.45, 2.75) is 31.9 Å². The van der Waals surface area contributed by atoms with E-state index in [-0.39, 0.29) is 29.0 Å². The van der Waals surface area contributed by atoms with E-state index in [0.717, 1.165) is 12.0 Å². The zero-order chi connectivity index (χ0) is 14.4. The summed E-state index contributed by atoms with van der Waals surface area (Å²) in [5.74, 6) is 0.122. The van der Waals surface area contributed by atoms with E-state index in [4.69, 9.17) is 5.73 Å². The number of anilines is 1. The monoisotopic (exact) mass is 275 g/mol. The molecule has 2 aromatic heterocycles. The average molecular weight is 275 g/mol. The van der Waals surface area contributed by atoms with Gasteiger partial charge in [-0.1, -0.05) is 13.5 Å². The number of fused-ring (bicyclic) bond motifs is 1. The molecular formula is C13H17N5O2. The molecule has 0 unspecified atom stereocenters. The van der Waals surface area contributed by atoms with Crippen LogP contribution in [0.2, 0.25) is 0 Å². The molecule has 106 valence electrons. The number of aromatic amines is 1.